The largest absolute Gasteiger partial charge is 0.462 e. The average Bonchev–Trinajstić information content (AvgIpc) is 2.68. The molecule has 2 heterocycles. The van der Waals surface area contributed by atoms with Crippen LogP contribution in [0, 0.1) is 0 Å². The predicted molar refractivity (Wildman–Crippen MR) is 103 cm³/mol. The molecule has 1 fully saturated rings. The van der Waals surface area contributed by atoms with E-state index in [0.717, 1.165) is 0 Å². The molecule has 1 saturated heterocycles. The summed E-state index contributed by atoms with van der Waals surface area (Å²) in [5, 5.41) is 60.4. The Morgan fingerprint density at radius 1 is 1.13 bits per heavy atom. The van der Waals surface area contributed by atoms with E-state index in [-0.39, 0.29) is 17.8 Å². The van der Waals surface area contributed by atoms with Gasteiger partial charge in [0.15, 0.2) is 0 Å². The molecule has 1 aliphatic rings. The lowest BCUT2D eigenvalue weighted by Crippen LogP contribution is -2.60. The van der Waals surface area contributed by atoms with Crippen LogP contribution in [0.3, 0.4) is 0 Å². The van der Waals surface area contributed by atoms with Gasteiger partial charge in [0, 0.05) is 23.9 Å². The highest BCUT2D eigenvalue weighted by Crippen LogP contribution is 2.31. The third-order valence-corrected chi connectivity index (χ3v) is 5.12. The molecule has 0 aliphatic carbocycles. The lowest BCUT2D eigenvalue weighted by Gasteiger charge is -2.39. The summed E-state index contributed by atoms with van der Waals surface area (Å²) in [4.78, 5) is 11.6. The van der Waals surface area contributed by atoms with Gasteiger partial charge in [-0.15, -0.1) is 0 Å². The Balaban J connectivity index is 1.99. The lowest BCUT2D eigenvalue weighted by molar-refractivity contribution is -0.277. The molecule has 10 nitrogen and oxygen atoms in total. The van der Waals surface area contributed by atoms with Crippen LogP contribution in [0.4, 0.5) is 0 Å². The minimum Gasteiger partial charge on any atom is -0.462 e. The molecule has 0 spiro atoms. The van der Waals surface area contributed by atoms with Gasteiger partial charge in [0.1, 0.15) is 35.7 Å². The summed E-state index contributed by atoms with van der Waals surface area (Å²) in [7, 11) is 0. The van der Waals surface area contributed by atoms with Crippen molar-refractivity contribution in [1.29, 1.82) is 0 Å². The summed E-state index contributed by atoms with van der Waals surface area (Å²) < 4.78 is 16.2. The molecule has 6 N–H and O–H groups in total. The van der Waals surface area contributed by atoms with Gasteiger partial charge in [-0.3, -0.25) is 0 Å². The summed E-state index contributed by atoms with van der Waals surface area (Å²) >= 11 is 0. The van der Waals surface area contributed by atoms with Gasteiger partial charge in [-0.05, 0) is 31.5 Å². The Labute approximate surface area is 171 Å². The maximum absolute atomic E-state index is 11.6. The minimum absolute atomic E-state index is 0.0503. The Bertz CT molecular complexity index is 931. The van der Waals surface area contributed by atoms with Crippen molar-refractivity contribution < 1.29 is 44.5 Å². The second-order valence-electron chi connectivity index (χ2n) is 7.94. The molecule has 2 aromatic rings. The highest BCUT2D eigenvalue weighted by atomic mass is 16.7. The van der Waals surface area contributed by atoms with Gasteiger partial charge >= 0.3 is 5.63 Å². The number of aliphatic hydroxyl groups is 6. The third-order valence-electron chi connectivity index (χ3n) is 5.12. The molecule has 1 aromatic carbocycles. The fraction of sp³-hybridized carbons (Fsp3) is 0.550. The van der Waals surface area contributed by atoms with Crippen LogP contribution in [0.25, 0.3) is 11.0 Å². The zero-order valence-electron chi connectivity index (χ0n) is 16.5. The smallest absolute Gasteiger partial charge is 0.336 e. The molecule has 1 aliphatic heterocycles. The first-order valence-electron chi connectivity index (χ1n) is 9.45. The summed E-state index contributed by atoms with van der Waals surface area (Å²) in [6.07, 6.45) is -8.69. The molecule has 166 valence electrons. The average molecular weight is 426 g/mol. The van der Waals surface area contributed by atoms with Gasteiger partial charge in [0.05, 0.1) is 18.3 Å². The Kier molecular flexibility index (Phi) is 6.48. The van der Waals surface area contributed by atoms with Crippen LogP contribution in [0.1, 0.15) is 19.4 Å². The van der Waals surface area contributed by atoms with Crippen molar-refractivity contribution in [2.45, 2.75) is 62.7 Å². The lowest BCUT2D eigenvalue weighted by atomic mass is 9.94. The van der Waals surface area contributed by atoms with E-state index in [1.807, 2.05) is 0 Å². The van der Waals surface area contributed by atoms with Gasteiger partial charge in [-0.2, -0.15) is 0 Å². The molecule has 0 amide bonds. The Morgan fingerprint density at radius 3 is 2.47 bits per heavy atom. The molecule has 1 aromatic heterocycles. The third kappa shape index (κ3) is 4.65. The topological polar surface area (TPSA) is 170 Å². The van der Waals surface area contributed by atoms with Gasteiger partial charge in [0.2, 0.25) is 6.29 Å². The van der Waals surface area contributed by atoms with E-state index < -0.39 is 54.6 Å². The number of ether oxygens (including phenoxy) is 2. The van der Waals surface area contributed by atoms with Crippen molar-refractivity contribution in [2.75, 3.05) is 6.61 Å². The number of rotatable bonds is 6. The van der Waals surface area contributed by atoms with Crippen molar-refractivity contribution in [2.24, 2.45) is 0 Å². The molecule has 0 bridgehead atoms. The van der Waals surface area contributed by atoms with Crippen molar-refractivity contribution in [1.82, 2.24) is 0 Å². The summed E-state index contributed by atoms with van der Waals surface area (Å²) in [6.45, 7) is 2.26. The standard InChI is InChI=1S/C20H26O10/c1-20(2,27)14(22)6-10-5-9-3-4-15(23)28-11(9)7-12(10)29-19-18(26)17(25)16(24)13(8-21)30-19/h3-5,7,13-14,16-19,21-22,24-27H,6,8H2,1-2H3/t13-,14-,16-,17+,18-,19-/m1/s1. The van der Waals surface area contributed by atoms with E-state index in [1.165, 1.54) is 32.0 Å². The molecule has 6 atom stereocenters. The number of hydrogen-bond donors (Lipinski definition) is 6. The molecule has 0 radical (unpaired) electrons. The van der Waals surface area contributed by atoms with E-state index in [4.69, 9.17) is 13.9 Å². The van der Waals surface area contributed by atoms with Gasteiger partial charge < -0.3 is 44.5 Å². The first-order chi connectivity index (χ1) is 14.0. The molecule has 30 heavy (non-hydrogen) atoms. The maximum atomic E-state index is 11.6. The summed E-state index contributed by atoms with van der Waals surface area (Å²) in [5.74, 6) is 0.0597. The second-order valence-corrected chi connectivity index (χ2v) is 7.94. The number of hydrogen-bond acceptors (Lipinski definition) is 10. The monoisotopic (exact) mass is 426 g/mol. The van der Waals surface area contributed by atoms with Gasteiger partial charge in [-0.1, -0.05) is 0 Å². The van der Waals surface area contributed by atoms with Crippen molar-refractivity contribution in [3.05, 3.63) is 40.2 Å². The van der Waals surface area contributed by atoms with Gasteiger partial charge in [-0.25, -0.2) is 4.79 Å². The molecule has 0 unspecified atom stereocenters. The van der Waals surface area contributed by atoms with Crippen LogP contribution in [0.15, 0.2) is 33.5 Å². The molecular formula is C20H26O10. The van der Waals surface area contributed by atoms with Crippen molar-refractivity contribution >= 4 is 11.0 Å². The normalized spacial score (nSPS) is 28.5. The van der Waals surface area contributed by atoms with E-state index in [0.29, 0.717) is 10.9 Å². The Morgan fingerprint density at radius 2 is 1.83 bits per heavy atom. The number of benzene rings is 1. The summed E-state index contributed by atoms with van der Waals surface area (Å²) in [5.41, 5.74) is -1.43. The predicted octanol–water partition coefficient (Wildman–Crippen LogP) is -1.35. The fourth-order valence-corrected chi connectivity index (χ4v) is 3.16. The van der Waals surface area contributed by atoms with Gasteiger partial charge in [0.25, 0.3) is 0 Å². The summed E-state index contributed by atoms with van der Waals surface area (Å²) in [6, 6.07) is 5.71. The highest BCUT2D eigenvalue weighted by Gasteiger charge is 2.45. The van der Waals surface area contributed by atoms with E-state index in [2.05, 4.69) is 0 Å². The highest BCUT2D eigenvalue weighted by molar-refractivity contribution is 5.79. The zero-order valence-corrected chi connectivity index (χ0v) is 16.5. The van der Waals surface area contributed by atoms with Crippen molar-refractivity contribution in [3.8, 4) is 5.75 Å². The van der Waals surface area contributed by atoms with Crippen molar-refractivity contribution in [3.63, 3.8) is 0 Å². The van der Waals surface area contributed by atoms with Crippen LogP contribution in [-0.4, -0.2) is 79.7 Å². The zero-order chi connectivity index (χ0) is 22.2. The molecule has 3 rings (SSSR count). The number of fused-ring (bicyclic) bond motifs is 1. The maximum Gasteiger partial charge on any atom is 0.336 e. The quantitative estimate of drug-likeness (QED) is 0.303. The first kappa shape index (κ1) is 22.6. The molecule has 10 heteroatoms. The SMILES string of the molecule is CC(C)(O)[C@H](O)Cc1cc2ccc(=O)oc2cc1O[C@@H]1O[C@H](CO)[C@@H](O)[C@H](O)[C@H]1O. The van der Waals surface area contributed by atoms with E-state index in [9.17, 15) is 35.4 Å². The molecule has 0 saturated carbocycles. The van der Waals surface area contributed by atoms with Crippen LogP contribution in [0.2, 0.25) is 0 Å². The van der Waals surface area contributed by atoms with Crippen LogP contribution in [-0.2, 0) is 11.2 Å². The van der Waals surface area contributed by atoms with E-state index >= 15 is 0 Å². The molecular weight excluding hydrogens is 400 g/mol. The van der Waals surface area contributed by atoms with Crippen LogP contribution in [0.5, 0.6) is 5.75 Å². The van der Waals surface area contributed by atoms with Crippen LogP contribution < -0.4 is 10.4 Å². The number of aliphatic hydroxyl groups excluding tert-OH is 5. The first-order valence-corrected chi connectivity index (χ1v) is 9.45. The Hall–Kier alpha value is -2.05. The van der Waals surface area contributed by atoms with Crippen LogP contribution >= 0.6 is 0 Å². The second kappa shape index (κ2) is 8.60. The minimum atomic E-state index is -1.65. The van der Waals surface area contributed by atoms with E-state index in [1.54, 1.807) is 6.07 Å². The fourth-order valence-electron chi connectivity index (χ4n) is 3.16.